The van der Waals surface area contributed by atoms with Gasteiger partial charge in [0.25, 0.3) is 5.91 Å². The van der Waals surface area contributed by atoms with Gasteiger partial charge in [-0.15, -0.1) is 16.4 Å². The molecule has 0 aliphatic heterocycles. The third kappa shape index (κ3) is 4.21. The van der Waals surface area contributed by atoms with Gasteiger partial charge in [-0.2, -0.15) is 0 Å². The van der Waals surface area contributed by atoms with Crippen molar-refractivity contribution in [1.82, 2.24) is 29.6 Å². The predicted molar refractivity (Wildman–Crippen MR) is 124 cm³/mol. The number of rotatable bonds is 7. The lowest BCUT2D eigenvalue weighted by atomic mass is 10.1. The monoisotopic (exact) mass is 440 g/mol. The summed E-state index contributed by atoms with van der Waals surface area (Å²) in [5, 5.41) is 9.48. The summed E-state index contributed by atoms with van der Waals surface area (Å²) in [5.41, 5.74) is 3.01. The Hall–Kier alpha value is -4.04. The van der Waals surface area contributed by atoms with E-state index >= 15 is 0 Å². The van der Waals surface area contributed by atoms with E-state index in [0.717, 1.165) is 21.7 Å². The van der Waals surface area contributed by atoms with Crippen LogP contribution >= 0.6 is 11.3 Å². The number of benzene rings is 2. The van der Waals surface area contributed by atoms with Crippen molar-refractivity contribution < 1.29 is 4.79 Å². The van der Waals surface area contributed by atoms with Crippen LogP contribution in [0.15, 0.2) is 90.8 Å². The normalized spacial score (nSPS) is 10.9. The molecule has 5 aromatic rings. The summed E-state index contributed by atoms with van der Waals surface area (Å²) >= 11 is 1.56. The Labute approximate surface area is 189 Å². The highest BCUT2D eigenvalue weighted by molar-refractivity contribution is 7.13. The molecule has 2 aromatic carbocycles. The molecule has 7 nitrogen and oxygen atoms in total. The lowest BCUT2D eigenvalue weighted by Gasteiger charge is -2.10. The van der Waals surface area contributed by atoms with Crippen LogP contribution in [0.2, 0.25) is 0 Å². The smallest absolute Gasteiger partial charge is 0.291 e. The van der Waals surface area contributed by atoms with Crippen molar-refractivity contribution in [3.8, 4) is 16.4 Å². The van der Waals surface area contributed by atoms with Crippen molar-refractivity contribution in [2.24, 2.45) is 0 Å². The zero-order valence-corrected chi connectivity index (χ0v) is 17.9. The van der Waals surface area contributed by atoms with Gasteiger partial charge in [-0.25, -0.2) is 14.6 Å². The van der Waals surface area contributed by atoms with Crippen LogP contribution in [0.5, 0.6) is 0 Å². The summed E-state index contributed by atoms with van der Waals surface area (Å²) in [6.45, 7) is 1.08. The van der Waals surface area contributed by atoms with Crippen molar-refractivity contribution in [3.05, 3.63) is 108 Å². The first kappa shape index (κ1) is 19.9. The summed E-state index contributed by atoms with van der Waals surface area (Å²) < 4.78 is 3.71. The molecule has 0 unspecified atom stereocenters. The summed E-state index contributed by atoms with van der Waals surface area (Å²) in [5.74, 6) is 0.483. The summed E-state index contributed by atoms with van der Waals surface area (Å²) in [6.07, 6.45) is 5.45. The first-order chi connectivity index (χ1) is 15.8. The molecule has 5 rings (SSSR count). The van der Waals surface area contributed by atoms with E-state index in [9.17, 15) is 4.79 Å². The van der Waals surface area contributed by atoms with Crippen LogP contribution in [0.4, 0.5) is 0 Å². The third-order valence-corrected chi connectivity index (χ3v) is 5.89. The molecule has 0 aliphatic carbocycles. The first-order valence-corrected chi connectivity index (χ1v) is 11.0. The molecule has 158 valence electrons. The second-order valence-electron chi connectivity index (χ2n) is 7.17. The van der Waals surface area contributed by atoms with E-state index in [1.54, 1.807) is 28.5 Å². The number of nitrogens with zero attached hydrogens (tertiary/aromatic N) is 5. The van der Waals surface area contributed by atoms with Crippen LogP contribution in [0, 0.1) is 0 Å². The second-order valence-corrected chi connectivity index (χ2v) is 8.12. The molecule has 0 radical (unpaired) electrons. The van der Waals surface area contributed by atoms with Gasteiger partial charge in [0.1, 0.15) is 0 Å². The van der Waals surface area contributed by atoms with E-state index in [4.69, 9.17) is 0 Å². The third-order valence-electron chi connectivity index (χ3n) is 5.02. The molecular formula is C24H20N6OS. The Bertz CT molecular complexity index is 1310. The predicted octanol–water partition coefficient (Wildman–Crippen LogP) is 4.17. The van der Waals surface area contributed by atoms with E-state index in [-0.39, 0.29) is 11.7 Å². The fourth-order valence-corrected chi connectivity index (χ4v) is 4.14. The van der Waals surface area contributed by atoms with E-state index in [1.165, 1.54) is 0 Å². The fourth-order valence-electron chi connectivity index (χ4n) is 3.44. The van der Waals surface area contributed by atoms with Crippen LogP contribution in [-0.2, 0) is 13.1 Å². The first-order valence-electron chi connectivity index (χ1n) is 10.1. The second kappa shape index (κ2) is 8.99. The molecule has 3 aromatic heterocycles. The van der Waals surface area contributed by atoms with Crippen molar-refractivity contribution in [2.75, 3.05) is 0 Å². The van der Waals surface area contributed by atoms with E-state index in [1.807, 2.05) is 76.8 Å². The maximum Gasteiger partial charge on any atom is 0.291 e. The van der Waals surface area contributed by atoms with Crippen molar-refractivity contribution in [2.45, 2.75) is 13.1 Å². The molecule has 0 saturated heterocycles. The average Bonchev–Trinajstić information content (AvgIpc) is 3.60. The number of hydrogen-bond acceptors (Lipinski definition) is 5. The Morgan fingerprint density at radius 2 is 1.78 bits per heavy atom. The molecule has 0 atom stereocenters. The van der Waals surface area contributed by atoms with E-state index < -0.39 is 0 Å². The topological polar surface area (TPSA) is 77.6 Å². The van der Waals surface area contributed by atoms with Crippen molar-refractivity contribution in [3.63, 3.8) is 0 Å². The summed E-state index contributed by atoms with van der Waals surface area (Å²) in [4.78, 5) is 22.6. The van der Waals surface area contributed by atoms with E-state index in [0.29, 0.717) is 18.9 Å². The Morgan fingerprint density at radius 3 is 2.53 bits per heavy atom. The van der Waals surface area contributed by atoms with Gasteiger partial charge in [0.2, 0.25) is 5.82 Å². The lowest BCUT2D eigenvalue weighted by Crippen LogP contribution is -2.25. The number of carbonyl (C=O) groups excluding carboxylic acids is 1. The minimum atomic E-state index is -0.310. The molecule has 1 N–H and O–H groups in total. The van der Waals surface area contributed by atoms with Gasteiger partial charge in [0, 0.05) is 25.5 Å². The number of amides is 1. The lowest BCUT2D eigenvalue weighted by molar-refractivity contribution is 0.0940. The summed E-state index contributed by atoms with van der Waals surface area (Å²) in [6, 6.07) is 21.7. The van der Waals surface area contributed by atoms with Crippen LogP contribution in [0.3, 0.4) is 0 Å². The SMILES string of the molecule is O=C(NCc1ccccc1Cn1ccnc1)c1nc(-c2cccs2)n(-c2ccccc2)n1. The number of hydrogen-bond donors (Lipinski definition) is 1. The largest absolute Gasteiger partial charge is 0.345 e. The van der Waals surface area contributed by atoms with Crippen molar-refractivity contribution >= 4 is 17.2 Å². The number of thiophene rings is 1. The van der Waals surface area contributed by atoms with Crippen LogP contribution in [-0.4, -0.2) is 30.2 Å². The molecular weight excluding hydrogens is 420 g/mol. The Balaban J connectivity index is 1.38. The van der Waals surface area contributed by atoms with Crippen molar-refractivity contribution in [1.29, 1.82) is 0 Å². The number of carbonyl (C=O) groups is 1. The van der Waals surface area contributed by atoms with Gasteiger partial charge in [0.15, 0.2) is 5.82 Å². The van der Waals surface area contributed by atoms with Gasteiger partial charge in [-0.1, -0.05) is 48.5 Å². The minimum absolute atomic E-state index is 0.143. The molecule has 0 saturated carbocycles. The van der Waals surface area contributed by atoms with Crippen LogP contribution in [0.1, 0.15) is 21.7 Å². The number of nitrogens with one attached hydrogen (secondary N) is 1. The van der Waals surface area contributed by atoms with Crippen LogP contribution < -0.4 is 5.32 Å². The molecule has 3 heterocycles. The molecule has 0 aliphatic rings. The van der Waals surface area contributed by atoms with Crippen LogP contribution in [0.25, 0.3) is 16.4 Å². The molecule has 1 amide bonds. The van der Waals surface area contributed by atoms with E-state index in [2.05, 4.69) is 26.4 Å². The Morgan fingerprint density at radius 1 is 0.969 bits per heavy atom. The summed E-state index contributed by atoms with van der Waals surface area (Å²) in [7, 11) is 0. The maximum atomic E-state index is 13.0. The molecule has 32 heavy (non-hydrogen) atoms. The van der Waals surface area contributed by atoms with Gasteiger partial charge in [-0.3, -0.25) is 4.79 Å². The molecule has 0 spiro atoms. The van der Waals surface area contributed by atoms with Gasteiger partial charge in [-0.05, 0) is 34.7 Å². The number of para-hydroxylation sites is 1. The molecule has 0 bridgehead atoms. The zero-order chi connectivity index (χ0) is 21.8. The molecule has 8 heteroatoms. The highest BCUT2D eigenvalue weighted by atomic mass is 32.1. The Kier molecular flexibility index (Phi) is 5.59. The van der Waals surface area contributed by atoms with Gasteiger partial charge in [0.05, 0.1) is 16.9 Å². The highest BCUT2D eigenvalue weighted by Crippen LogP contribution is 2.25. The standard InChI is InChI=1S/C24H20N6OS/c31-24(26-15-18-7-4-5-8-19(18)16-29-13-12-25-17-29)22-27-23(21-11-6-14-32-21)30(28-22)20-9-2-1-3-10-20/h1-14,17H,15-16H2,(H,26,31). The average molecular weight is 441 g/mol. The quantitative estimate of drug-likeness (QED) is 0.412. The van der Waals surface area contributed by atoms with Gasteiger partial charge >= 0.3 is 0 Å². The number of aromatic nitrogens is 5. The number of imidazole rings is 1. The minimum Gasteiger partial charge on any atom is -0.345 e. The zero-order valence-electron chi connectivity index (χ0n) is 17.1. The highest BCUT2D eigenvalue weighted by Gasteiger charge is 2.19. The van der Waals surface area contributed by atoms with Gasteiger partial charge < -0.3 is 9.88 Å². The molecule has 0 fully saturated rings. The fraction of sp³-hybridized carbons (Fsp3) is 0.0833. The maximum absolute atomic E-state index is 13.0.